The number of carbonyl (C=O) groups is 4. The van der Waals surface area contributed by atoms with Crippen molar-refractivity contribution in [1.82, 2.24) is 20.5 Å². The number of nitrogens with zero attached hydrogens (tertiary/aromatic N) is 2. The van der Waals surface area contributed by atoms with E-state index in [4.69, 9.17) is 9.84 Å². The molecule has 2 aromatic rings. The molecular formula is C27H36N4O7S. The minimum Gasteiger partial charge on any atom is -0.480 e. The van der Waals surface area contributed by atoms with E-state index in [0.717, 1.165) is 21.7 Å². The maximum atomic E-state index is 13.6. The highest BCUT2D eigenvalue weighted by Gasteiger charge is 2.44. The zero-order chi connectivity index (χ0) is 28.9. The summed E-state index contributed by atoms with van der Waals surface area (Å²) < 4.78 is 4.83. The van der Waals surface area contributed by atoms with Crippen LogP contribution < -0.4 is 10.6 Å². The molecule has 11 nitrogen and oxygen atoms in total. The number of aliphatic carboxylic acids is 1. The second-order valence-corrected chi connectivity index (χ2v) is 11.6. The van der Waals surface area contributed by atoms with E-state index in [0.29, 0.717) is 0 Å². The minimum absolute atomic E-state index is 0.0494. The van der Waals surface area contributed by atoms with Crippen LogP contribution in [0.15, 0.2) is 29.8 Å². The lowest BCUT2D eigenvalue weighted by Crippen LogP contribution is -2.58. The van der Waals surface area contributed by atoms with Crippen LogP contribution in [0.3, 0.4) is 0 Å². The number of hydrogen-bond acceptors (Lipinski definition) is 8. The van der Waals surface area contributed by atoms with Crippen LogP contribution in [-0.2, 0) is 23.9 Å². The lowest BCUT2D eigenvalue weighted by molar-refractivity contribution is -0.146. The average molecular weight is 561 g/mol. The van der Waals surface area contributed by atoms with Gasteiger partial charge < -0.3 is 30.5 Å². The summed E-state index contributed by atoms with van der Waals surface area (Å²) >= 11 is 1.56. The molecule has 4 N–H and O–H groups in total. The molecule has 1 aromatic carbocycles. The van der Waals surface area contributed by atoms with Crippen molar-refractivity contribution in [3.05, 3.63) is 41.0 Å². The predicted molar refractivity (Wildman–Crippen MR) is 145 cm³/mol. The lowest BCUT2D eigenvalue weighted by atomic mass is 9.85. The largest absolute Gasteiger partial charge is 0.480 e. The van der Waals surface area contributed by atoms with Crippen molar-refractivity contribution in [1.29, 1.82) is 0 Å². The number of thiazole rings is 1. The van der Waals surface area contributed by atoms with Gasteiger partial charge in [-0.1, -0.05) is 45.0 Å². The standard InChI is InChI=1S/C27H36N4O7S/c1-15(17-6-8-18(9-7-17)23-16(2)28-14-39-23)29-25(36)20-10-19(32)11-31(20)26(37)24(27(3,4)5)30-21(33)12-38-13-22(34)35/h6-9,14-15,19-20,24,32H,10-13H2,1-5H3,(H,29,36)(H,30,33)(H,34,35)/t15-,19+,20-,24+/m0/s1. The number of β-amino-alcohol motifs (C(OH)–C–C–N with tert-alkyl or cyclic N) is 1. The maximum absolute atomic E-state index is 13.6. The Kier molecular flexibility index (Phi) is 9.81. The van der Waals surface area contributed by atoms with E-state index in [1.807, 2.05) is 38.1 Å². The van der Waals surface area contributed by atoms with Gasteiger partial charge in [0.2, 0.25) is 17.7 Å². The van der Waals surface area contributed by atoms with Crippen molar-refractivity contribution in [3.63, 3.8) is 0 Å². The summed E-state index contributed by atoms with van der Waals surface area (Å²) in [5.74, 6) is -2.79. The fourth-order valence-electron chi connectivity index (χ4n) is 4.45. The molecule has 0 aliphatic carbocycles. The number of nitrogens with one attached hydrogen (secondary N) is 2. The molecule has 3 rings (SSSR count). The van der Waals surface area contributed by atoms with Crippen molar-refractivity contribution in [2.24, 2.45) is 5.41 Å². The molecule has 0 spiro atoms. The summed E-state index contributed by atoms with van der Waals surface area (Å²) in [6.07, 6.45) is -0.822. The van der Waals surface area contributed by atoms with E-state index in [2.05, 4.69) is 15.6 Å². The Morgan fingerprint density at radius 1 is 1.15 bits per heavy atom. The molecule has 4 atom stereocenters. The molecule has 0 bridgehead atoms. The number of aliphatic hydroxyl groups excluding tert-OH is 1. The van der Waals surface area contributed by atoms with E-state index >= 15 is 0 Å². The number of amides is 3. The van der Waals surface area contributed by atoms with Crippen molar-refractivity contribution < 1.29 is 34.1 Å². The summed E-state index contributed by atoms with van der Waals surface area (Å²) in [6, 6.07) is 5.52. The molecule has 1 aromatic heterocycles. The number of carboxylic acid groups (broad SMARTS) is 1. The third kappa shape index (κ3) is 7.84. The first-order valence-corrected chi connectivity index (χ1v) is 13.5. The normalized spacial score (nSPS) is 18.9. The third-order valence-electron chi connectivity index (χ3n) is 6.52. The van der Waals surface area contributed by atoms with Gasteiger partial charge in [0.1, 0.15) is 25.3 Å². The third-order valence-corrected chi connectivity index (χ3v) is 7.50. The topological polar surface area (TPSA) is 158 Å². The number of carbonyl (C=O) groups excluding carboxylic acids is 3. The monoisotopic (exact) mass is 560 g/mol. The van der Waals surface area contributed by atoms with Crippen LogP contribution in [0, 0.1) is 12.3 Å². The van der Waals surface area contributed by atoms with Crippen LogP contribution in [0.2, 0.25) is 0 Å². The molecule has 0 unspecified atom stereocenters. The molecular weight excluding hydrogens is 524 g/mol. The Labute approximate surface area is 231 Å². The van der Waals surface area contributed by atoms with Crippen molar-refractivity contribution in [2.75, 3.05) is 19.8 Å². The van der Waals surface area contributed by atoms with Crippen LogP contribution >= 0.6 is 11.3 Å². The van der Waals surface area contributed by atoms with Crippen LogP contribution in [0.1, 0.15) is 51.4 Å². The van der Waals surface area contributed by atoms with E-state index in [-0.39, 0.29) is 19.0 Å². The number of hydrogen-bond donors (Lipinski definition) is 4. The summed E-state index contributed by atoms with van der Waals surface area (Å²) in [6.45, 7) is 7.85. The number of rotatable bonds is 10. The molecule has 2 heterocycles. The molecule has 1 aliphatic heterocycles. The average Bonchev–Trinajstić information content (AvgIpc) is 3.46. The molecule has 0 saturated carbocycles. The van der Waals surface area contributed by atoms with Gasteiger partial charge >= 0.3 is 5.97 Å². The molecule has 12 heteroatoms. The SMILES string of the molecule is Cc1ncsc1-c1ccc([C@H](C)NC(=O)[C@@H]2C[C@@H](O)CN2C(=O)[C@@H](NC(=O)COCC(=O)O)C(C)(C)C)cc1. The zero-order valence-electron chi connectivity index (χ0n) is 22.8. The number of aryl methyl sites for hydroxylation is 1. The predicted octanol–water partition coefficient (Wildman–Crippen LogP) is 1.89. The van der Waals surface area contributed by atoms with Gasteiger partial charge in [-0.25, -0.2) is 9.78 Å². The van der Waals surface area contributed by atoms with Gasteiger partial charge in [-0.05, 0) is 30.4 Å². The highest BCUT2D eigenvalue weighted by molar-refractivity contribution is 7.13. The number of likely N-dealkylation sites (tertiary alicyclic amines) is 1. The molecule has 212 valence electrons. The number of carboxylic acids is 1. The van der Waals surface area contributed by atoms with Gasteiger partial charge in [0.25, 0.3) is 0 Å². The highest BCUT2D eigenvalue weighted by atomic mass is 32.1. The van der Waals surface area contributed by atoms with Crippen LogP contribution in [0.5, 0.6) is 0 Å². The number of aromatic nitrogens is 1. The van der Waals surface area contributed by atoms with Gasteiger partial charge in [-0.15, -0.1) is 11.3 Å². The second-order valence-electron chi connectivity index (χ2n) is 10.8. The van der Waals surface area contributed by atoms with Gasteiger partial charge in [0, 0.05) is 13.0 Å². The molecule has 0 radical (unpaired) electrons. The van der Waals surface area contributed by atoms with E-state index in [1.54, 1.807) is 37.6 Å². The van der Waals surface area contributed by atoms with Crippen LogP contribution in [0.25, 0.3) is 10.4 Å². The molecule has 39 heavy (non-hydrogen) atoms. The Balaban J connectivity index is 1.69. The molecule has 1 saturated heterocycles. The highest BCUT2D eigenvalue weighted by Crippen LogP contribution is 2.29. The Morgan fingerprint density at radius 3 is 2.38 bits per heavy atom. The quantitative estimate of drug-likeness (QED) is 0.343. The number of aliphatic hydroxyl groups is 1. The first-order chi connectivity index (χ1) is 18.3. The van der Waals surface area contributed by atoms with E-state index in [9.17, 15) is 24.3 Å². The smallest absolute Gasteiger partial charge is 0.329 e. The minimum atomic E-state index is -1.22. The summed E-state index contributed by atoms with van der Waals surface area (Å²) in [4.78, 5) is 56.6. The van der Waals surface area contributed by atoms with Gasteiger partial charge in [-0.3, -0.25) is 14.4 Å². The Hall–Kier alpha value is -3.35. The van der Waals surface area contributed by atoms with Gasteiger partial charge in [0.15, 0.2) is 0 Å². The first kappa shape index (κ1) is 30.2. The number of ether oxygens (including phenoxy) is 1. The fourth-order valence-corrected chi connectivity index (χ4v) is 5.26. The maximum Gasteiger partial charge on any atom is 0.329 e. The zero-order valence-corrected chi connectivity index (χ0v) is 23.6. The van der Waals surface area contributed by atoms with Gasteiger partial charge in [0.05, 0.1) is 28.2 Å². The molecule has 1 fully saturated rings. The van der Waals surface area contributed by atoms with Crippen molar-refractivity contribution in [3.8, 4) is 10.4 Å². The summed E-state index contributed by atoms with van der Waals surface area (Å²) in [5, 5.41) is 24.6. The van der Waals surface area contributed by atoms with Crippen molar-refractivity contribution in [2.45, 2.75) is 65.3 Å². The lowest BCUT2D eigenvalue weighted by Gasteiger charge is -2.35. The number of benzene rings is 1. The Morgan fingerprint density at radius 2 is 1.82 bits per heavy atom. The van der Waals surface area contributed by atoms with Crippen LogP contribution in [0.4, 0.5) is 0 Å². The van der Waals surface area contributed by atoms with E-state index < -0.39 is 60.5 Å². The van der Waals surface area contributed by atoms with Gasteiger partial charge in [-0.2, -0.15) is 0 Å². The molecule has 3 amide bonds. The summed E-state index contributed by atoms with van der Waals surface area (Å²) in [5.41, 5.74) is 3.94. The summed E-state index contributed by atoms with van der Waals surface area (Å²) in [7, 11) is 0. The first-order valence-electron chi connectivity index (χ1n) is 12.7. The fraction of sp³-hybridized carbons (Fsp3) is 0.519. The van der Waals surface area contributed by atoms with Crippen molar-refractivity contribution >= 4 is 35.0 Å². The second kappa shape index (κ2) is 12.7. The molecule has 1 aliphatic rings. The Bertz CT molecular complexity index is 1190. The van der Waals surface area contributed by atoms with E-state index in [1.165, 1.54) is 4.90 Å². The van der Waals surface area contributed by atoms with Crippen LogP contribution in [-0.4, -0.2) is 81.7 Å².